The lowest BCUT2D eigenvalue weighted by Crippen LogP contribution is -2.14. The SMILES string of the molecule is CS(=O)(=O)c1cc(N)cc(C(=O)Nc2ccc(Cl)nn2)c1. The lowest BCUT2D eigenvalue weighted by Gasteiger charge is -2.07. The van der Waals surface area contributed by atoms with Crippen molar-refractivity contribution in [3.8, 4) is 0 Å². The van der Waals surface area contributed by atoms with E-state index in [1.54, 1.807) is 0 Å². The molecule has 1 heterocycles. The van der Waals surface area contributed by atoms with Crippen molar-refractivity contribution >= 4 is 38.9 Å². The molecule has 2 aromatic rings. The van der Waals surface area contributed by atoms with Crippen LogP contribution < -0.4 is 11.1 Å². The summed E-state index contributed by atoms with van der Waals surface area (Å²) in [4.78, 5) is 12.0. The number of rotatable bonds is 3. The number of carbonyl (C=O) groups excluding carboxylic acids is 1. The van der Waals surface area contributed by atoms with Crippen molar-refractivity contribution in [2.24, 2.45) is 0 Å². The number of anilines is 2. The van der Waals surface area contributed by atoms with E-state index in [0.29, 0.717) is 0 Å². The van der Waals surface area contributed by atoms with Crippen LogP contribution in [0.4, 0.5) is 11.5 Å². The molecule has 0 fully saturated rings. The normalized spacial score (nSPS) is 11.1. The van der Waals surface area contributed by atoms with Gasteiger partial charge in [0.2, 0.25) is 0 Å². The maximum absolute atomic E-state index is 12.1. The third-order valence-electron chi connectivity index (χ3n) is 2.49. The number of nitrogens with two attached hydrogens (primary N) is 1. The second kappa shape index (κ2) is 5.66. The molecule has 0 aliphatic carbocycles. The molecule has 9 heteroatoms. The fraction of sp³-hybridized carbons (Fsp3) is 0.0833. The van der Waals surface area contributed by atoms with Crippen molar-refractivity contribution in [3.63, 3.8) is 0 Å². The van der Waals surface area contributed by atoms with Crippen molar-refractivity contribution in [2.75, 3.05) is 17.3 Å². The van der Waals surface area contributed by atoms with E-state index in [1.807, 2.05) is 0 Å². The van der Waals surface area contributed by atoms with Crippen LogP contribution in [0, 0.1) is 0 Å². The maximum Gasteiger partial charge on any atom is 0.256 e. The Hall–Kier alpha value is -2.19. The summed E-state index contributed by atoms with van der Waals surface area (Å²) >= 11 is 5.59. The quantitative estimate of drug-likeness (QED) is 0.823. The Morgan fingerprint density at radius 3 is 2.52 bits per heavy atom. The lowest BCUT2D eigenvalue weighted by molar-refractivity contribution is 0.102. The predicted molar refractivity (Wildman–Crippen MR) is 79.0 cm³/mol. The van der Waals surface area contributed by atoms with Gasteiger partial charge in [-0.25, -0.2) is 8.42 Å². The zero-order valence-corrected chi connectivity index (χ0v) is 12.4. The highest BCUT2D eigenvalue weighted by Gasteiger charge is 2.14. The highest BCUT2D eigenvalue weighted by atomic mass is 35.5. The zero-order valence-electron chi connectivity index (χ0n) is 10.9. The molecule has 1 amide bonds. The van der Waals surface area contributed by atoms with Gasteiger partial charge in [0.1, 0.15) is 0 Å². The van der Waals surface area contributed by atoms with Crippen molar-refractivity contribution in [1.29, 1.82) is 0 Å². The molecule has 0 aliphatic rings. The zero-order chi connectivity index (χ0) is 15.6. The van der Waals surface area contributed by atoms with Gasteiger partial charge in [-0.3, -0.25) is 4.79 Å². The Morgan fingerprint density at radius 2 is 1.95 bits per heavy atom. The third kappa shape index (κ3) is 3.89. The van der Waals surface area contributed by atoms with Crippen LogP contribution in [0.2, 0.25) is 5.15 Å². The summed E-state index contributed by atoms with van der Waals surface area (Å²) in [6, 6.07) is 6.83. The molecule has 3 N–H and O–H groups in total. The molecule has 0 aliphatic heterocycles. The van der Waals surface area contributed by atoms with Crippen LogP contribution in [0.15, 0.2) is 35.2 Å². The Morgan fingerprint density at radius 1 is 1.24 bits per heavy atom. The maximum atomic E-state index is 12.1. The van der Waals surface area contributed by atoms with Crippen LogP contribution >= 0.6 is 11.6 Å². The Balaban J connectivity index is 2.31. The standard InChI is InChI=1S/C12H11ClN4O3S/c1-21(19,20)9-5-7(4-8(14)6-9)12(18)15-11-3-2-10(13)16-17-11/h2-6H,14H2,1H3,(H,15,17,18). The summed E-state index contributed by atoms with van der Waals surface area (Å²) in [5.41, 5.74) is 5.89. The number of nitrogens with one attached hydrogen (secondary N) is 1. The first kappa shape index (κ1) is 15.2. The molecule has 0 bridgehead atoms. The van der Waals surface area contributed by atoms with Gasteiger partial charge in [-0.05, 0) is 30.3 Å². The molecule has 2 rings (SSSR count). The van der Waals surface area contributed by atoms with E-state index in [0.717, 1.165) is 6.26 Å². The fourth-order valence-corrected chi connectivity index (χ4v) is 2.33. The summed E-state index contributed by atoms with van der Waals surface area (Å²) in [6.07, 6.45) is 1.04. The first-order valence-electron chi connectivity index (χ1n) is 5.67. The van der Waals surface area contributed by atoms with Gasteiger partial charge in [0.25, 0.3) is 5.91 Å². The van der Waals surface area contributed by atoms with Gasteiger partial charge in [0.15, 0.2) is 20.8 Å². The number of halogens is 1. The summed E-state index contributed by atoms with van der Waals surface area (Å²) in [6.45, 7) is 0. The minimum absolute atomic E-state index is 0.0326. The van der Waals surface area contributed by atoms with Gasteiger partial charge in [-0.1, -0.05) is 11.6 Å². The number of sulfone groups is 1. The molecule has 110 valence electrons. The Kier molecular flexibility index (Phi) is 4.10. The summed E-state index contributed by atoms with van der Waals surface area (Å²) in [7, 11) is -3.47. The molecule has 0 saturated heterocycles. The second-order valence-corrected chi connectivity index (χ2v) is 6.66. The van der Waals surface area contributed by atoms with E-state index in [-0.39, 0.29) is 27.1 Å². The molecular formula is C12H11ClN4O3S. The molecule has 0 spiro atoms. The second-order valence-electron chi connectivity index (χ2n) is 4.26. The minimum atomic E-state index is -3.47. The smallest absolute Gasteiger partial charge is 0.256 e. The molecular weight excluding hydrogens is 316 g/mol. The van der Waals surface area contributed by atoms with Gasteiger partial charge in [-0.2, -0.15) is 0 Å². The monoisotopic (exact) mass is 326 g/mol. The van der Waals surface area contributed by atoms with E-state index >= 15 is 0 Å². The minimum Gasteiger partial charge on any atom is -0.399 e. The number of amides is 1. The van der Waals surface area contributed by atoms with E-state index < -0.39 is 15.7 Å². The van der Waals surface area contributed by atoms with Crippen LogP contribution in [0.3, 0.4) is 0 Å². The number of hydrogen-bond acceptors (Lipinski definition) is 6. The van der Waals surface area contributed by atoms with Gasteiger partial charge in [0, 0.05) is 17.5 Å². The van der Waals surface area contributed by atoms with Crippen LogP contribution in [0.25, 0.3) is 0 Å². The molecule has 0 unspecified atom stereocenters. The molecule has 7 nitrogen and oxygen atoms in total. The summed E-state index contributed by atoms with van der Waals surface area (Å²) in [5, 5.41) is 9.92. The van der Waals surface area contributed by atoms with Crippen LogP contribution in [-0.2, 0) is 9.84 Å². The molecule has 0 atom stereocenters. The van der Waals surface area contributed by atoms with E-state index in [1.165, 1.54) is 30.3 Å². The first-order chi connectivity index (χ1) is 9.75. The van der Waals surface area contributed by atoms with Crippen LogP contribution in [-0.4, -0.2) is 30.8 Å². The van der Waals surface area contributed by atoms with Crippen LogP contribution in [0.5, 0.6) is 0 Å². The highest BCUT2D eigenvalue weighted by Crippen LogP contribution is 2.18. The molecule has 21 heavy (non-hydrogen) atoms. The number of aromatic nitrogens is 2. The molecule has 0 saturated carbocycles. The number of benzene rings is 1. The Bertz CT molecular complexity index is 791. The number of nitrogen functional groups attached to an aromatic ring is 1. The molecule has 1 aromatic carbocycles. The third-order valence-corrected chi connectivity index (χ3v) is 3.79. The summed E-state index contributed by atoms with van der Waals surface area (Å²) in [5.74, 6) is -0.364. The molecule has 1 aromatic heterocycles. The van der Waals surface area contributed by atoms with E-state index in [9.17, 15) is 13.2 Å². The highest BCUT2D eigenvalue weighted by molar-refractivity contribution is 7.90. The number of hydrogen-bond donors (Lipinski definition) is 2. The van der Waals surface area contributed by atoms with Crippen molar-refractivity contribution in [2.45, 2.75) is 4.90 Å². The van der Waals surface area contributed by atoms with Gasteiger partial charge in [0.05, 0.1) is 4.90 Å². The average Bonchev–Trinajstić information content (AvgIpc) is 2.39. The average molecular weight is 327 g/mol. The van der Waals surface area contributed by atoms with E-state index in [2.05, 4.69) is 15.5 Å². The number of nitrogens with zero attached hydrogens (tertiary/aromatic N) is 2. The fourth-order valence-electron chi connectivity index (χ4n) is 1.54. The largest absolute Gasteiger partial charge is 0.399 e. The van der Waals surface area contributed by atoms with Crippen molar-refractivity contribution < 1.29 is 13.2 Å². The predicted octanol–water partition coefficient (Wildman–Crippen LogP) is 1.37. The van der Waals surface area contributed by atoms with Crippen molar-refractivity contribution in [1.82, 2.24) is 10.2 Å². The molecule has 0 radical (unpaired) electrons. The Labute approximate surface area is 126 Å². The van der Waals surface area contributed by atoms with Gasteiger partial charge < -0.3 is 11.1 Å². The number of carbonyl (C=O) groups is 1. The first-order valence-corrected chi connectivity index (χ1v) is 7.94. The lowest BCUT2D eigenvalue weighted by atomic mass is 10.2. The summed E-state index contributed by atoms with van der Waals surface area (Å²) < 4.78 is 23.1. The van der Waals surface area contributed by atoms with Gasteiger partial charge >= 0.3 is 0 Å². The van der Waals surface area contributed by atoms with Gasteiger partial charge in [-0.15, -0.1) is 10.2 Å². The van der Waals surface area contributed by atoms with E-state index in [4.69, 9.17) is 17.3 Å². The van der Waals surface area contributed by atoms with Crippen molar-refractivity contribution in [3.05, 3.63) is 41.0 Å². The topological polar surface area (TPSA) is 115 Å². The van der Waals surface area contributed by atoms with Crippen LogP contribution in [0.1, 0.15) is 10.4 Å².